The van der Waals surface area contributed by atoms with Crippen molar-refractivity contribution >= 4 is 33.4 Å². The van der Waals surface area contributed by atoms with Gasteiger partial charge in [-0.15, -0.1) is 0 Å². The van der Waals surface area contributed by atoms with Crippen LogP contribution in [0.5, 0.6) is 5.88 Å². The lowest BCUT2D eigenvalue weighted by Crippen LogP contribution is -2.06. The summed E-state index contributed by atoms with van der Waals surface area (Å²) in [5, 5.41) is 10.9. The van der Waals surface area contributed by atoms with Crippen molar-refractivity contribution in [2.75, 3.05) is 12.4 Å². The van der Waals surface area contributed by atoms with Crippen molar-refractivity contribution in [3.05, 3.63) is 66.1 Å². The molecule has 0 unspecified atom stereocenters. The molecule has 5 rings (SSSR count). The predicted molar refractivity (Wildman–Crippen MR) is 113 cm³/mol. The number of nitrogens with zero attached hydrogens (tertiary/aromatic N) is 4. The summed E-state index contributed by atoms with van der Waals surface area (Å²) >= 11 is 0. The van der Waals surface area contributed by atoms with Gasteiger partial charge in [-0.2, -0.15) is 18.3 Å². The molecular formula is C22H13F3N6O2. The van der Waals surface area contributed by atoms with E-state index in [0.717, 1.165) is 17.6 Å². The number of aromatic nitrogens is 5. The molecule has 2 N–H and O–H groups in total. The standard InChI is InChI=1S/C22H13F3N6O2/c1-32-21-16(3-2-12-4-13-7-29-31-20(13)27-6-12)19-17(10-28-21)18(11-33-19)30-15-5-14(8-26-9-15)22(23,24)25/h4-11,30H,1H3,(H,27,29,31). The van der Waals surface area contributed by atoms with E-state index in [4.69, 9.17) is 9.15 Å². The molecule has 0 radical (unpaired) electrons. The number of pyridine rings is 3. The number of aromatic amines is 1. The molecule has 0 amide bonds. The molecule has 5 aromatic rings. The SMILES string of the molecule is COc1ncc2c(Nc3cncc(C(F)(F)F)c3)coc2c1C#Cc1cnc2[nH]ncc2c1. The van der Waals surface area contributed by atoms with Gasteiger partial charge in [0.2, 0.25) is 5.88 Å². The molecule has 0 fully saturated rings. The lowest BCUT2D eigenvalue weighted by atomic mass is 10.1. The highest BCUT2D eigenvalue weighted by Gasteiger charge is 2.31. The Bertz CT molecular complexity index is 1540. The second kappa shape index (κ2) is 7.83. The minimum atomic E-state index is -4.50. The zero-order valence-electron chi connectivity index (χ0n) is 16.9. The van der Waals surface area contributed by atoms with E-state index in [1.165, 1.54) is 25.8 Å². The second-order valence-electron chi connectivity index (χ2n) is 6.90. The van der Waals surface area contributed by atoms with Gasteiger partial charge in [-0.25, -0.2) is 9.97 Å². The molecule has 164 valence electrons. The van der Waals surface area contributed by atoms with Gasteiger partial charge >= 0.3 is 6.18 Å². The van der Waals surface area contributed by atoms with Gasteiger partial charge in [0.1, 0.15) is 11.8 Å². The fraction of sp³-hybridized carbons (Fsp3) is 0.0909. The van der Waals surface area contributed by atoms with Crippen LogP contribution in [0.4, 0.5) is 24.5 Å². The Balaban J connectivity index is 1.53. The van der Waals surface area contributed by atoms with Gasteiger partial charge in [0.05, 0.1) is 41.8 Å². The molecule has 0 atom stereocenters. The van der Waals surface area contributed by atoms with Gasteiger partial charge < -0.3 is 14.5 Å². The van der Waals surface area contributed by atoms with Crippen LogP contribution >= 0.6 is 0 Å². The molecule has 5 aromatic heterocycles. The fourth-order valence-electron chi connectivity index (χ4n) is 3.19. The Hall–Kier alpha value is -4.59. The number of alkyl halides is 3. The van der Waals surface area contributed by atoms with E-state index >= 15 is 0 Å². The quantitative estimate of drug-likeness (QED) is 0.385. The summed E-state index contributed by atoms with van der Waals surface area (Å²) in [6.07, 6.45) is 3.64. The highest BCUT2D eigenvalue weighted by molar-refractivity contribution is 5.95. The van der Waals surface area contributed by atoms with Crippen LogP contribution in [-0.4, -0.2) is 32.3 Å². The van der Waals surface area contributed by atoms with E-state index in [1.54, 1.807) is 12.4 Å². The van der Waals surface area contributed by atoms with Crippen molar-refractivity contribution in [1.82, 2.24) is 25.1 Å². The van der Waals surface area contributed by atoms with Crippen LogP contribution in [0.2, 0.25) is 0 Å². The van der Waals surface area contributed by atoms with Gasteiger partial charge in [-0.3, -0.25) is 10.1 Å². The van der Waals surface area contributed by atoms with Crippen molar-refractivity contribution in [2.24, 2.45) is 0 Å². The van der Waals surface area contributed by atoms with Crippen LogP contribution < -0.4 is 10.1 Å². The second-order valence-corrected chi connectivity index (χ2v) is 6.90. The average Bonchev–Trinajstić information content (AvgIpc) is 3.44. The zero-order chi connectivity index (χ0) is 23.0. The third-order valence-electron chi connectivity index (χ3n) is 4.74. The van der Waals surface area contributed by atoms with Crippen LogP contribution in [0.15, 0.2) is 53.8 Å². The first kappa shape index (κ1) is 20.3. The van der Waals surface area contributed by atoms with Crippen molar-refractivity contribution < 1.29 is 22.3 Å². The molecule has 33 heavy (non-hydrogen) atoms. The molecule has 11 heteroatoms. The van der Waals surface area contributed by atoms with Crippen LogP contribution in [0, 0.1) is 11.8 Å². The van der Waals surface area contributed by atoms with Gasteiger partial charge in [0, 0.05) is 29.5 Å². The minimum absolute atomic E-state index is 0.149. The summed E-state index contributed by atoms with van der Waals surface area (Å²) in [7, 11) is 1.45. The number of ether oxygens (including phenoxy) is 1. The number of fused-ring (bicyclic) bond motifs is 2. The van der Waals surface area contributed by atoms with Crippen molar-refractivity contribution in [3.8, 4) is 17.7 Å². The summed E-state index contributed by atoms with van der Waals surface area (Å²) < 4.78 is 50.0. The molecule has 0 aliphatic heterocycles. The maximum Gasteiger partial charge on any atom is 0.417 e. The summed E-state index contributed by atoms with van der Waals surface area (Å²) in [6.45, 7) is 0. The number of methoxy groups -OCH3 is 1. The Morgan fingerprint density at radius 3 is 2.76 bits per heavy atom. The molecule has 8 nitrogen and oxygen atoms in total. The summed E-state index contributed by atoms with van der Waals surface area (Å²) in [5.74, 6) is 6.24. The Kier molecular flexibility index (Phi) is 4.82. The van der Waals surface area contributed by atoms with Crippen LogP contribution in [-0.2, 0) is 6.18 Å². The van der Waals surface area contributed by atoms with E-state index in [9.17, 15) is 13.2 Å². The van der Waals surface area contributed by atoms with E-state index in [1.807, 2.05) is 6.07 Å². The van der Waals surface area contributed by atoms with Crippen LogP contribution in [0.25, 0.3) is 22.0 Å². The van der Waals surface area contributed by atoms with Crippen LogP contribution in [0.1, 0.15) is 16.7 Å². The molecular weight excluding hydrogens is 437 g/mol. The van der Waals surface area contributed by atoms with E-state index < -0.39 is 11.7 Å². The maximum atomic E-state index is 13.0. The Labute approximate surface area is 183 Å². The maximum absolute atomic E-state index is 13.0. The topological polar surface area (TPSA) is 102 Å². The molecule has 0 saturated carbocycles. The number of nitrogens with one attached hydrogen (secondary N) is 2. The number of anilines is 2. The normalized spacial score (nSPS) is 11.4. The lowest BCUT2D eigenvalue weighted by Gasteiger charge is -2.09. The summed E-state index contributed by atoms with van der Waals surface area (Å²) in [6, 6.07) is 2.79. The zero-order valence-corrected chi connectivity index (χ0v) is 16.9. The lowest BCUT2D eigenvalue weighted by molar-refractivity contribution is -0.137. The average molecular weight is 450 g/mol. The van der Waals surface area contributed by atoms with Gasteiger partial charge in [0.25, 0.3) is 0 Å². The van der Waals surface area contributed by atoms with Gasteiger partial charge in [-0.1, -0.05) is 11.8 Å². The highest BCUT2D eigenvalue weighted by atomic mass is 19.4. The number of hydrogen-bond donors (Lipinski definition) is 2. The van der Waals surface area contributed by atoms with Crippen molar-refractivity contribution in [2.45, 2.75) is 6.18 Å². The van der Waals surface area contributed by atoms with E-state index in [-0.39, 0.29) is 11.6 Å². The third-order valence-corrected chi connectivity index (χ3v) is 4.74. The molecule has 0 saturated heterocycles. The third kappa shape index (κ3) is 3.89. The largest absolute Gasteiger partial charge is 0.480 e. The highest BCUT2D eigenvalue weighted by Crippen LogP contribution is 2.35. The predicted octanol–water partition coefficient (Wildman–Crippen LogP) is 4.66. The van der Waals surface area contributed by atoms with E-state index in [0.29, 0.717) is 33.4 Å². The minimum Gasteiger partial charge on any atom is -0.480 e. The number of halogens is 3. The number of hydrogen-bond acceptors (Lipinski definition) is 7. The van der Waals surface area contributed by atoms with Crippen molar-refractivity contribution in [3.63, 3.8) is 0 Å². The number of H-pyrrole nitrogens is 1. The Morgan fingerprint density at radius 1 is 1.06 bits per heavy atom. The molecule has 0 spiro atoms. The van der Waals surface area contributed by atoms with Gasteiger partial charge in [-0.05, 0) is 12.1 Å². The first-order valence-corrected chi connectivity index (χ1v) is 9.47. The first-order chi connectivity index (χ1) is 15.9. The molecule has 0 aliphatic carbocycles. The molecule has 0 aliphatic rings. The fourth-order valence-corrected chi connectivity index (χ4v) is 3.19. The van der Waals surface area contributed by atoms with Gasteiger partial charge in [0.15, 0.2) is 11.2 Å². The molecule has 0 aromatic carbocycles. The summed E-state index contributed by atoms with van der Waals surface area (Å²) in [5.41, 5.74) is 1.73. The smallest absolute Gasteiger partial charge is 0.417 e. The molecule has 5 heterocycles. The number of furan rings is 1. The van der Waals surface area contributed by atoms with Crippen molar-refractivity contribution in [1.29, 1.82) is 0 Å². The Morgan fingerprint density at radius 2 is 1.94 bits per heavy atom. The molecule has 0 bridgehead atoms. The monoisotopic (exact) mass is 450 g/mol. The first-order valence-electron chi connectivity index (χ1n) is 9.47. The summed E-state index contributed by atoms with van der Waals surface area (Å²) in [4.78, 5) is 12.2. The number of rotatable bonds is 3. The van der Waals surface area contributed by atoms with E-state index in [2.05, 4.69) is 42.3 Å². The van der Waals surface area contributed by atoms with Crippen LogP contribution in [0.3, 0.4) is 0 Å².